The van der Waals surface area contributed by atoms with Crippen LogP contribution in [-0.2, 0) is 5.75 Å². The third kappa shape index (κ3) is 3.82. The van der Waals surface area contributed by atoms with Crippen LogP contribution < -0.4 is 10.9 Å². The number of hydrogen-bond donors (Lipinski definition) is 2. The molecule has 0 unspecified atom stereocenters. The Morgan fingerprint density at radius 1 is 1.43 bits per heavy atom. The first kappa shape index (κ1) is 15.0. The quantitative estimate of drug-likeness (QED) is 0.380. The van der Waals surface area contributed by atoms with E-state index in [1.54, 1.807) is 26.1 Å². The normalized spacial score (nSPS) is 10.4. The van der Waals surface area contributed by atoms with Crippen molar-refractivity contribution in [3.05, 3.63) is 56.0 Å². The van der Waals surface area contributed by atoms with Gasteiger partial charge in [-0.25, -0.2) is 4.98 Å². The average Bonchev–Trinajstić information content (AvgIpc) is 2.43. The number of nitrogens with one attached hydrogen (secondary N) is 2. The molecule has 0 saturated heterocycles. The lowest BCUT2D eigenvalue weighted by Crippen LogP contribution is -2.08. The molecule has 0 spiro atoms. The highest BCUT2D eigenvalue weighted by molar-refractivity contribution is 7.98. The number of nitro groups is 1. The van der Waals surface area contributed by atoms with Gasteiger partial charge in [0.2, 0.25) is 0 Å². The Morgan fingerprint density at radius 3 is 2.81 bits per heavy atom. The minimum absolute atomic E-state index is 0.0290. The fourth-order valence-corrected chi connectivity index (χ4v) is 2.67. The summed E-state index contributed by atoms with van der Waals surface area (Å²) < 4.78 is 0. The first-order valence-electron chi connectivity index (χ1n) is 6.15. The second-order valence-corrected chi connectivity index (χ2v) is 5.30. The Hall–Kier alpha value is -2.35. The molecule has 1 heterocycles. The van der Waals surface area contributed by atoms with Crippen LogP contribution in [0.1, 0.15) is 11.3 Å². The van der Waals surface area contributed by atoms with Gasteiger partial charge in [0.15, 0.2) is 5.16 Å². The van der Waals surface area contributed by atoms with Gasteiger partial charge < -0.3 is 10.3 Å². The van der Waals surface area contributed by atoms with E-state index in [2.05, 4.69) is 15.3 Å². The van der Waals surface area contributed by atoms with Crippen LogP contribution in [0.15, 0.2) is 34.2 Å². The van der Waals surface area contributed by atoms with Crippen molar-refractivity contribution in [2.45, 2.75) is 17.8 Å². The van der Waals surface area contributed by atoms with Gasteiger partial charge in [0.25, 0.3) is 11.2 Å². The number of hydrogen-bond acceptors (Lipinski definition) is 6. The zero-order chi connectivity index (χ0) is 15.4. The van der Waals surface area contributed by atoms with Gasteiger partial charge in [0, 0.05) is 30.6 Å². The second-order valence-electron chi connectivity index (χ2n) is 4.34. The highest BCUT2D eigenvalue weighted by atomic mass is 32.2. The molecule has 0 aliphatic heterocycles. The van der Waals surface area contributed by atoms with E-state index in [0.717, 1.165) is 5.56 Å². The van der Waals surface area contributed by atoms with Gasteiger partial charge in [-0.1, -0.05) is 17.8 Å². The topological polar surface area (TPSA) is 101 Å². The molecule has 0 aliphatic rings. The minimum Gasteiger partial charge on any atom is -0.383 e. The van der Waals surface area contributed by atoms with Gasteiger partial charge in [0.05, 0.1) is 4.92 Å². The summed E-state index contributed by atoms with van der Waals surface area (Å²) in [5.74, 6) is 0.483. The molecule has 2 rings (SSSR count). The SMILES string of the molecule is CNc1ccc(CSc2nc(C)cc(=O)[nH]2)cc1[N+](=O)[O-]. The van der Waals surface area contributed by atoms with Crippen LogP contribution in [0, 0.1) is 17.0 Å². The average molecular weight is 306 g/mol. The first-order chi connectivity index (χ1) is 9.99. The van der Waals surface area contributed by atoms with Crippen molar-refractivity contribution in [3.8, 4) is 0 Å². The number of benzene rings is 1. The molecule has 1 aromatic heterocycles. The number of nitro benzene ring substituents is 1. The van der Waals surface area contributed by atoms with Crippen molar-refractivity contribution < 1.29 is 4.92 Å². The number of thioether (sulfide) groups is 1. The standard InChI is InChI=1S/C13H14N4O3S/c1-8-5-12(18)16-13(15-8)21-7-9-3-4-10(14-2)11(6-9)17(19)20/h3-6,14H,7H2,1-2H3,(H,15,16,18). The lowest BCUT2D eigenvalue weighted by atomic mass is 10.2. The summed E-state index contributed by atoms with van der Waals surface area (Å²) in [6.45, 7) is 1.74. The molecule has 0 atom stereocenters. The Balaban J connectivity index is 2.18. The molecule has 8 heteroatoms. The van der Waals surface area contributed by atoms with Crippen LogP contribution >= 0.6 is 11.8 Å². The van der Waals surface area contributed by atoms with Crippen molar-refractivity contribution >= 4 is 23.1 Å². The molecule has 0 aliphatic carbocycles. The molecule has 0 saturated carbocycles. The molecule has 0 fully saturated rings. The fraction of sp³-hybridized carbons (Fsp3) is 0.231. The predicted molar refractivity (Wildman–Crippen MR) is 81.8 cm³/mol. The van der Waals surface area contributed by atoms with Crippen LogP contribution in [-0.4, -0.2) is 21.9 Å². The molecule has 7 nitrogen and oxygen atoms in total. The third-order valence-corrected chi connectivity index (χ3v) is 3.70. The highest BCUT2D eigenvalue weighted by Gasteiger charge is 2.13. The molecule has 0 radical (unpaired) electrons. The monoisotopic (exact) mass is 306 g/mol. The minimum atomic E-state index is -0.424. The van der Waals surface area contributed by atoms with Gasteiger partial charge >= 0.3 is 0 Å². The molecular formula is C13H14N4O3S. The zero-order valence-corrected chi connectivity index (χ0v) is 12.4. The van der Waals surface area contributed by atoms with Crippen molar-refractivity contribution in [3.63, 3.8) is 0 Å². The molecule has 2 aromatic rings. The Bertz CT molecular complexity index is 730. The number of aromatic nitrogens is 2. The number of aryl methyl sites for hydroxylation is 1. The predicted octanol–water partition coefficient (Wildman–Crippen LogP) is 2.32. The maximum absolute atomic E-state index is 11.3. The number of nitrogens with zero attached hydrogens (tertiary/aromatic N) is 2. The second kappa shape index (κ2) is 6.40. The Kier molecular flexibility index (Phi) is 4.59. The summed E-state index contributed by atoms with van der Waals surface area (Å²) >= 11 is 1.33. The first-order valence-corrected chi connectivity index (χ1v) is 7.14. The molecule has 21 heavy (non-hydrogen) atoms. The fourth-order valence-electron chi connectivity index (χ4n) is 1.80. The number of H-pyrrole nitrogens is 1. The van der Waals surface area contributed by atoms with Gasteiger partial charge in [-0.2, -0.15) is 0 Å². The van der Waals surface area contributed by atoms with Crippen molar-refractivity contribution in [2.24, 2.45) is 0 Å². The number of rotatable bonds is 5. The third-order valence-electron chi connectivity index (χ3n) is 2.75. The molecule has 0 amide bonds. The van der Waals surface area contributed by atoms with E-state index in [-0.39, 0.29) is 11.2 Å². The summed E-state index contributed by atoms with van der Waals surface area (Å²) in [5, 5.41) is 14.3. The summed E-state index contributed by atoms with van der Waals surface area (Å²) in [5.41, 5.74) is 1.71. The maximum Gasteiger partial charge on any atom is 0.292 e. The molecular weight excluding hydrogens is 292 g/mol. The summed E-state index contributed by atoms with van der Waals surface area (Å²) in [6.07, 6.45) is 0. The smallest absolute Gasteiger partial charge is 0.292 e. The van der Waals surface area contributed by atoms with Crippen molar-refractivity contribution in [2.75, 3.05) is 12.4 Å². The maximum atomic E-state index is 11.3. The van der Waals surface area contributed by atoms with Crippen LogP contribution in [0.2, 0.25) is 0 Å². The van der Waals surface area contributed by atoms with Gasteiger partial charge in [-0.05, 0) is 18.6 Å². The van der Waals surface area contributed by atoms with Crippen LogP contribution in [0.5, 0.6) is 0 Å². The molecule has 2 N–H and O–H groups in total. The van der Waals surface area contributed by atoms with Crippen LogP contribution in [0.3, 0.4) is 0 Å². The zero-order valence-electron chi connectivity index (χ0n) is 11.5. The van der Waals surface area contributed by atoms with Crippen molar-refractivity contribution in [1.82, 2.24) is 9.97 Å². The lowest BCUT2D eigenvalue weighted by Gasteiger charge is -2.05. The Labute approximate surface area is 125 Å². The van der Waals surface area contributed by atoms with Gasteiger partial charge in [-0.15, -0.1) is 0 Å². The molecule has 1 aromatic carbocycles. The molecule has 110 valence electrons. The summed E-state index contributed by atoms with van der Waals surface area (Å²) in [6, 6.07) is 6.41. The van der Waals surface area contributed by atoms with E-state index in [1.165, 1.54) is 23.9 Å². The summed E-state index contributed by atoms with van der Waals surface area (Å²) in [4.78, 5) is 28.7. The van der Waals surface area contributed by atoms with Crippen LogP contribution in [0.25, 0.3) is 0 Å². The van der Waals surface area contributed by atoms with E-state index >= 15 is 0 Å². The van der Waals surface area contributed by atoms with Gasteiger partial charge in [0.1, 0.15) is 5.69 Å². The van der Waals surface area contributed by atoms with Crippen LogP contribution in [0.4, 0.5) is 11.4 Å². The van der Waals surface area contributed by atoms with Gasteiger partial charge in [-0.3, -0.25) is 14.9 Å². The number of anilines is 1. The number of aromatic amines is 1. The summed E-state index contributed by atoms with van der Waals surface area (Å²) in [7, 11) is 1.64. The van der Waals surface area contributed by atoms with Crippen molar-refractivity contribution in [1.29, 1.82) is 0 Å². The van der Waals surface area contributed by atoms with E-state index in [1.807, 2.05) is 0 Å². The van der Waals surface area contributed by atoms with E-state index < -0.39 is 4.92 Å². The van der Waals surface area contributed by atoms with E-state index in [9.17, 15) is 14.9 Å². The Morgan fingerprint density at radius 2 is 2.19 bits per heavy atom. The highest BCUT2D eigenvalue weighted by Crippen LogP contribution is 2.27. The lowest BCUT2D eigenvalue weighted by molar-refractivity contribution is -0.384. The largest absolute Gasteiger partial charge is 0.383 e. The van der Waals surface area contributed by atoms with E-state index in [4.69, 9.17) is 0 Å². The van der Waals surface area contributed by atoms with E-state index in [0.29, 0.717) is 22.3 Å². The molecule has 0 bridgehead atoms.